The molecular weight excluding hydrogens is 234 g/mol. The monoisotopic (exact) mass is 253 g/mol. The normalized spacial score (nSPS) is 22.7. The first kappa shape index (κ1) is 12.2. The summed E-state index contributed by atoms with van der Waals surface area (Å²) in [6, 6.07) is 21.1. The molecule has 19 heavy (non-hydrogen) atoms. The van der Waals surface area contributed by atoms with E-state index in [1.165, 1.54) is 11.3 Å². The van der Waals surface area contributed by atoms with Crippen LogP contribution >= 0.6 is 0 Å². The van der Waals surface area contributed by atoms with E-state index in [2.05, 4.69) is 53.4 Å². The summed E-state index contributed by atoms with van der Waals surface area (Å²) < 4.78 is 0. The third-order valence-corrected chi connectivity index (χ3v) is 4.05. The number of rotatable bonds is 3. The fraction of sp³-hybridized carbons (Fsp3) is 0.294. The van der Waals surface area contributed by atoms with Gasteiger partial charge in [0.05, 0.1) is 12.6 Å². The summed E-state index contributed by atoms with van der Waals surface area (Å²) in [4.78, 5) is 2.33. The van der Waals surface area contributed by atoms with Crippen LogP contribution in [0.4, 0.5) is 5.69 Å². The van der Waals surface area contributed by atoms with E-state index in [9.17, 15) is 5.11 Å². The number of nitrogens with zero attached hydrogens (tertiary/aromatic N) is 1. The smallest absolute Gasteiger partial charge is 0.0641 e. The number of anilines is 1. The van der Waals surface area contributed by atoms with Crippen molar-refractivity contribution in [3.63, 3.8) is 0 Å². The lowest BCUT2D eigenvalue weighted by Crippen LogP contribution is -2.35. The van der Waals surface area contributed by atoms with Crippen molar-refractivity contribution in [2.75, 3.05) is 18.1 Å². The average molecular weight is 253 g/mol. The predicted molar refractivity (Wildman–Crippen MR) is 78.5 cm³/mol. The Labute approximate surface area is 114 Å². The van der Waals surface area contributed by atoms with E-state index in [-0.39, 0.29) is 12.6 Å². The number of aliphatic hydroxyl groups excluding tert-OH is 1. The molecule has 0 radical (unpaired) electrons. The van der Waals surface area contributed by atoms with Crippen LogP contribution in [0.3, 0.4) is 0 Å². The van der Waals surface area contributed by atoms with Crippen molar-refractivity contribution in [1.82, 2.24) is 0 Å². The van der Waals surface area contributed by atoms with Gasteiger partial charge >= 0.3 is 0 Å². The van der Waals surface area contributed by atoms with Gasteiger partial charge in [-0.05, 0) is 24.1 Å². The number of hydrogen-bond donors (Lipinski definition) is 1. The predicted octanol–water partition coefficient (Wildman–Crippen LogP) is 3.04. The molecule has 1 fully saturated rings. The second-order valence-electron chi connectivity index (χ2n) is 5.08. The molecule has 0 aromatic heterocycles. The largest absolute Gasteiger partial charge is 0.394 e. The van der Waals surface area contributed by atoms with E-state index in [0.29, 0.717) is 5.92 Å². The second kappa shape index (κ2) is 5.45. The highest BCUT2D eigenvalue weighted by molar-refractivity contribution is 5.50. The summed E-state index contributed by atoms with van der Waals surface area (Å²) in [5.41, 5.74) is 2.54. The third kappa shape index (κ3) is 2.36. The Kier molecular flexibility index (Phi) is 3.51. The molecule has 1 aliphatic rings. The molecule has 0 unspecified atom stereocenters. The maximum atomic E-state index is 9.79. The van der Waals surface area contributed by atoms with Gasteiger partial charge in [-0.3, -0.25) is 0 Å². The van der Waals surface area contributed by atoms with Crippen LogP contribution in [0.1, 0.15) is 17.9 Å². The van der Waals surface area contributed by atoms with E-state index in [4.69, 9.17) is 0 Å². The van der Waals surface area contributed by atoms with Crippen LogP contribution in [0.5, 0.6) is 0 Å². The van der Waals surface area contributed by atoms with E-state index < -0.39 is 0 Å². The second-order valence-corrected chi connectivity index (χ2v) is 5.08. The summed E-state index contributed by atoms with van der Waals surface area (Å²) in [5.74, 6) is 0.423. The molecule has 2 aromatic carbocycles. The Morgan fingerprint density at radius 2 is 1.58 bits per heavy atom. The van der Waals surface area contributed by atoms with Crippen LogP contribution < -0.4 is 4.90 Å². The standard InChI is InChI=1S/C17H19NO/c19-13-17-16(14-7-3-1-4-8-14)11-12-18(17)15-9-5-2-6-10-15/h1-10,16-17,19H,11-13H2/t16-,17+/m1/s1. The molecule has 1 heterocycles. The minimum Gasteiger partial charge on any atom is -0.394 e. The number of benzene rings is 2. The highest BCUT2D eigenvalue weighted by Gasteiger charge is 2.34. The van der Waals surface area contributed by atoms with Gasteiger partial charge in [0.25, 0.3) is 0 Å². The average Bonchev–Trinajstić information content (AvgIpc) is 2.93. The molecule has 2 nitrogen and oxygen atoms in total. The summed E-state index contributed by atoms with van der Waals surface area (Å²) in [6.07, 6.45) is 1.10. The van der Waals surface area contributed by atoms with Gasteiger partial charge in [-0.15, -0.1) is 0 Å². The molecular formula is C17H19NO. The van der Waals surface area contributed by atoms with Gasteiger partial charge in [-0.2, -0.15) is 0 Å². The van der Waals surface area contributed by atoms with Crippen molar-refractivity contribution in [2.24, 2.45) is 0 Å². The molecule has 0 amide bonds. The Morgan fingerprint density at radius 3 is 2.21 bits per heavy atom. The number of hydrogen-bond acceptors (Lipinski definition) is 2. The summed E-state index contributed by atoms with van der Waals surface area (Å²) in [6.45, 7) is 1.21. The maximum Gasteiger partial charge on any atom is 0.0641 e. The highest BCUT2D eigenvalue weighted by Crippen LogP contribution is 2.36. The van der Waals surface area contributed by atoms with E-state index in [1.807, 2.05) is 12.1 Å². The third-order valence-electron chi connectivity index (χ3n) is 4.05. The number of aliphatic hydroxyl groups is 1. The Bertz CT molecular complexity index is 464. The molecule has 2 atom stereocenters. The first-order valence-electron chi connectivity index (χ1n) is 6.87. The Morgan fingerprint density at radius 1 is 0.947 bits per heavy atom. The van der Waals surface area contributed by atoms with Crippen molar-refractivity contribution < 1.29 is 5.11 Å². The first-order valence-corrected chi connectivity index (χ1v) is 6.87. The molecule has 2 aromatic rings. The van der Waals surface area contributed by atoms with E-state index in [0.717, 1.165) is 13.0 Å². The zero-order chi connectivity index (χ0) is 13.1. The molecule has 98 valence electrons. The lowest BCUT2D eigenvalue weighted by Gasteiger charge is -2.28. The Balaban J connectivity index is 1.87. The van der Waals surface area contributed by atoms with Crippen molar-refractivity contribution in [1.29, 1.82) is 0 Å². The van der Waals surface area contributed by atoms with Gasteiger partial charge in [0.15, 0.2) is 0 Å². The minimum absolute atomic E-state index is 0.185. The van der Waals surface area contributed by atoms with E-state index >= 15 is 0 Å². The summed E-state index contributed by atoms with van der Waals surface area (Å²) in [7, 11) is 0. The zero-order valence-corrected chi connectivity index (χ0v) is 10.9. The van der Waals surface area contributed by atoms with Gasteiger partial charge in [-0.1, -0.05) is 48.5 Å². The van der Waals surface area contributed by atoms with Gasteiger partial charge < -0.3 is 10.0 Å². The summed E-state index contributed by atoms with van der Waals surface area (Å²) in [5, 5.41) is 9.79. The molecule has 0 aliphatic carbocycles. The Hall–Kier alpha value is -1.80. The van der Waals surface area contributed by atoms with Crippen LogP contribution in [-0.4, -0.2) is 24.3 Å². The fourth-order valence-electron chi connectivity index (χ4n) is 3.11. The van der Waals surface area contributed by atoms with Gasteiger partial charge in [0.2, 0.25) is 0 Å². The highest BCUT2D eigenvalue weighted by atomic mass is 16.3. The molecule has 0 spiro atoms. The quantitative estimate of drug-likeness (QED) is 0.909. The molecule has 1 aliphatic heterocycles. The molecule has 1 saturated heterocycles. The van der Waals surface area contributed by atoms with Crippen molar-refractivity contribution in [3.8, 4) is 0 Å². The molecule has 2 heteroatoms. The molecule has 0 bridgehead atoms. The SMILES string of the molecule is OC[C@H]1[C@@H](c2ccccc2)CCN1c1ccccc1. The lowest BCUT2D eigenvalue weighted by molar-refractivity contribution is 0.257. The molecule has 0 saturated carbocycles. The topological polar surface area (TPSA) is 23.5 Å². The van der Waals surface area contributed by atoms with Crippen molar-refractivity contribution in [3.05, 3.63) is 66.2 Å². The van der Waals surface area contributed by atoms with Crippen molar-refractivity contribution in [2.45, 2.75) is 18.4 Å². The maximum absolute atomic E-state index is 9.79. The molecule has 1 N–H and O–H groups in total. The van der Waals surface area contributed by atoms with Crippen molar-refractivity contribution >= 4 is 5.69 Å². The van der Waals surface area contributed by atoms with Gasteiger partial charge in [0, 0.05) is 18.2 Å². The van der Waals surface area contributed by atoms with Crippen LogP contribution in [-0.2, 0) is 0 Å². The van der Waals surface area contributed by atoms with E-state index in [1.54, 1.807) is 0 Å². The van der Waals surface area contributed by atoms with Crippen LogP contribution in [0.15, 0.2) is 60.7 Å². The fourth-order valence-corrected chi connectivity index (χ4v) is 3.11. The van der Waals surface area contributed by atoms with Crippen LogP contribution in [0.25, 0.3) is 0 Å². The molecule has 3 rings (SSSR count). The lowest BCUT2D eigenvalue weighted by atomic mass is 9.92. The first-order chi connectivity index (χ1) is 9.40. The minimum atomic E-state index is 0.185. The van der Waals surface area contributed by atoms with Crippen LogP contribution in [0.2, 0.25) is 0 Å². The summed E-state index contributed by atoms with van der Waals surface area (Å²) >= 11 is 0. The van der Waals surface area contributed by atoms with Gasteiger partial charge in [0.1, 0.15) is 0 Å². The zero-order valence-electron chi connectivity index (χ0n) is 10.9. The van der Waals surface area contributed by atoms with Crippen LogP contribution in [0, 0.1) is 0 Å². The number of para-hydroxylation sites is 1. The van der Waals surface area contributed by atoms with Gasteiger partial charge in [-0.25, -0.2) is 0 Å².